The molecule has 2 aromatic carbocycles. The number of hydrogen-bond donors (Lipinski definition) is 5. The Morgan fingerprint density at radius 3 is 2.73 bits per heavy atom. The maximum absolute atomic E-state index is 12.3. The number of benzene rings is 2. The molecule has 0 fully saturated rings. The van der Waals surface area contributed by atoms with Gasteiger partial charge >= 0.3 is 6.09 Å². The molecule has 1 amide bonds. The van der Waals surface area contributed by atoms with E-state index in [1.54, 1.807) is 42.7 Å². The summed E-state index contributed by atoms with van der Waals surface area (Å²) in [7, 11) is 0. The summed E-state index contributed by atoms with van der Waals surface area (Å²) in [5.74, 6) is 0.720. The SMILES string of the molecule is Cc1cnc(Nc2cccc(O)c2)nc1-c1c[nH]c(OC(=O)NC(CO)c2ccccc2)c1. The number of nitrogens with zero attached hydrogens (tertiary/aromatic N) is 2. The number of aryl methyl sites for hydroxylation is 1. The third kappa shape index (κ3) is 5.46. The first-order valence-electron chi connectivity index (χ1n) is 10.2. The van der Waals surface area contributed by atoms with Crippen molar-refractivity contribution in [2.45, 2.75) is 13.0 Å². The first kappa shape index (κ1) is 21.8. The van der Waals surface area contributed by atoms with Crippen molar-refractivity contribution in [1.29, 1.82) is 0 Å². The monoisotopic (exact) mass is 445 g/mol. The van der Waals surface area contributed by atoms with Crippen LogP contribution in [0.3, 0.4) is 0 Å². The predicted octanol–water partition coefficient (Wildman–Crippen LogP) is 4.05. The van der Waals surface area contributed by atoms with Gasteiger partial charge in [0.05, 0.1) is 18.3 Å². The van der Waals surface area contributed by atoms with Gasteiger partial charge in [-0.1, -0.05) is 36.4 Å². The average molecular weight is 445 g/mol. The molecule has 0 saturated heterocycles. The molecule has 9 nitrogen and oxygen atoms in total. The van der Waals surface area contributed by atoms with E-state index in [1.807, 2.05) is 37.3 Å². The van der Waals surface area contributed by atoms with E-state index in [1.165, 1.54) is 0 Å². The molecule has 0 radical (unpaired) electrons. The molecule has 0 bridgehead atoms. The zero-order valence-corrected chi connectivity index (χ0v) is 17.8. The molecule has 0 aliphatic carbocycles. The van der Waals surface area contributed by atoms with Crippen LogP contribution in [0.4, 0.5) is 16.4 Å². The van der Waals surface area contributed by atoms with Gasteiger partial charge < -0.3 is 30.6 Å². The number of anilines is 2. The summed E-state index contributed by atoms with van der Waals surface area (Å²) in [6.45, 7) is 1.61. The normalized spacial score (nSPS) is 11.6. The molecule has 33 heavy (non-hydrogen) atoms. The molecule has 0 spiro atoms. The fourth-order valence-electron chi connectivity index (χ4n) is 3.27. The molecular formula is C24H23N5O4. The predicted molar refractivity (Wildman–Crippen MR) is 123 cm³/mol. The highest BCUT2D eigenvalue weighted by Gasteiger charge is 2.16. The number of phenolic OH excluding ortho intramolecular Hbond substituents is 1. The number of aromatic nitrogens is 3. The third-order valence-corrected chi connectivity index (χ3v) is 4.88. The number of hydrogen-bond acceptors (Lipinski definition) is 7. The van der Waals surface area contributed by atoms with Crippen LogP contribution in [0.25, 0.3) is 11.3 Å². The molecule has 168 valence electrons. The number of aliphatic hydroxyl groups excluding tert-OH is 1. The minimum absolute atomic E-state index is 0.133. The van der Waals surface area contributed by atoms with Gasteiger partial charge in [-0.2, -0.15) is 0 Å². The Bertz CT molecular complexity index is 1240. The van der Waals surface area contributed by atoms with Gasteiger partial charge in [0.25, 0.3) is 0 Å². The summed E-state index contributed by atoms with van der Waals surface area (Å²) < 4.78 is 5.35. The first-order chi connectivity index (χ1) is 16.0. The van der Waals surface area contributed by atoms with E-state index >= 15 is 0 Å². The van der Waals surface area contributed by atoms with Crippen molar-refractivity contribution in [2.75, 3.05) is 11.9 Å². The van der Waals surface area contributed by atoms with Crippen molar-refractivity contribution in [3.05, 3.63) is 84.2 Å². The lowest BCUT2D eigenvalue weighted by Gasteiger charge is -2.15. The standard InChI is InChI=1S/C24H23N5O4/c1-15-12-26-23(27-18-8-5-9-19(31)11-18)29-22(15)17-10-21(25-13-17)33-24(32)28-20(14-30)16-6-3-2-4-7-16/h2-13,20,25,30-31H,14H2,1H3,(H,28,32)(H,26,27,29). The Balaban J connectivity index is 1.46. The van der Waals surface area contributed by atoms with Crippen LogP contribution in [0.1, 0.15) is 17.2 Å². The second-order valence-corrected chi connectivity index (χ2v) is 7.33. The molecule has 9 heteroatoms. The second-order valence-electron chi connectivity index (χ2n) is 7.33. The Hall–Kier alpha value is -4.37. The third-order valence-electron chi connectivity index (χ3n) is 4.88. The van der Waals surface area contributed by atoms with Gasteiger partial charge in [-0.15, -0.1) is 0 Å². The van der Waals surface area contributed by atoms with E-state index in [2.05, 4.69) is 25.6 Å². The maximum Gasteiger partial charge on any atom is 0.414 e. The van der Waals surface area contributed by atoms with Crippen LogP contribution in [0, 0.1) is 6.92 Å². The van der Waals surface area contributed by atoms with E-state index in [4.69, 9.17) is 4.74 Å². The van der Waals surface area contributed by atoms with Gasteiger partial charge in [0.2, 0.25) is 11.8 Å². The zero-order valence-electron chi connectivity index (χ0n) is 17.8. The number of carbonyl (C=O) groups excluding carboxylic acids is 1. The number of phenols is 1. The number of aromatic amines is 1. The zero-order chi connectivity index (χ0) is 23.2. The quantitative estimate of drug-likeness (QED) is 0.290. The first-order valence-corrected chi connectivity index (χ1v) is 10.2. The van der Waals surface area contributed by atoms with E-state index in [0.29, 0.717) is 22.9 Å². The number of aromatic hydroxyl groups is 1. The summed E-state index contributed by atoms with van der Waals surface area (Å²) in [5, 5.41) is 24.9. The molecule has 1 atom stereocenters. The molecule has 2 heterocycles. The van der Waals surface area contributed by atoms with E-state index < -0.39 is 12.1 Å². The molecule has 0 aliphatic heterocycles. The van der Waals surface area contributed by atoms with Crippen molar-refractivity contribution in [3.8, 4) is 22.9 Å². The second kappa shape index (κ2) is 9.84. The summed E-state index contributed by atoms with van der Waals surface area (Å²) in [6.07, 6.45) is 2.66. The van der Waals surface area contributed by atoms with Crippen LogP contribution < -0.4 is 15.4 Å². The summed E-state index contributed by atoms with van der Waals surface area (Å²) in [6, 6.07) is 16.9. The van der Waals surface area contributed by atoms with Gasteiger partial charge in [-0.25, -0.2) is 14.8 Å². The Morgan fingerprint density at radius 1 is 1.15 bits per heavy atom. The molecule has 1 unspecified atom stereocenters. The van der Waals surface area contributed by atoms with Crippen LogP contribution in [0.15, 0.2) is 73.1 Å². The molecule has 0 saturated carbocycles. The lowest BCUT2D eigenvalue weighted by Crippen LogP contribution is -2.33. The highest BCUT2D eigenvalue weighted by Crippen LogP contribution is 2.27. The molecule has 4 rings (SSSR count). The number of aliphatic hydroxyl groups is 1. The lowest BCUT2D eigenvalue weighted by molar-refractivity contribution is 0.182. The number of rotatable bonds is 7. The summed E-state index contributed by atoms with van der Waals surface area (Å²) >= 11 is 0. The van der Waals surface area contributed by atoms with Gasteiger partial charge in [0.15, 0.2) is 0 Å². The lowest BCUT2D eigenvalue weighted by atomic mass is 10.1. The van der Waals surface area contributed by atoms with E-state index in [9.17, 15) is 15.0 Å². The van der Waals surface area contributed by atoms with E-state index in [0.717, 1.165) is 11.1 Å². The van der Waals surface area contributed by atoms with Crippen LogP contribution in [-0.4, -0.2) is 37.9 Å². The number of H-pyrrole nitrogens is 1. The van der Waals surface area contributed by atoms with Gasteiger partial charge in [0, 0.05) is 35.8 Å². The molecule has 2 aromatic heterocycles. The molecular weight excluding hydrogens is 422 g/mol. The van der Waals surface area contributed by atoms with Crippen LogP contribution >= 0.6 is 0 Å². The fraction of sp³-hybridized carbons (Fsp3) is 0.125. The average Bonchev–Trinajstić information content (AvgIpc) is 3.27. The van der Waals surface area contributed by atoms with Crippen molar-refractivity contribution >= 4 is 17.7 Å². The molecule has 5 N–H and O–H groups in total. The highest BCUT2D eigenvalue weighted by molar-refractivity contribution is 5.72. The van der Waals surface area contributed by atoms with Crippen molar-refractivity contribution in [3.63, 3.8) is 0 Å². The van der Waals surface area contributed by atoms with Gasteiger partial charge in [-0.3, -0.25) is 0 Å². The molecule has 0 aliphatic rings. The minimum atomic E-state index is -0.697. The fourth-order valence-corrected chi connectivity index (χ4v) is 3.27. The van der Waals surface area contributed by atoms with Crippen LogP contribution in [0.5, 0.6) is 11.6 Å². The summed E-state index contributed by atoms with van der Waals surface area (Å²) in [4.78, 5) is 24.1. The van der Waals surface area contributed by atoms with Crippen molar-refractivity contribution < 1.29 is 19.7 Å². The Morgan fingerprint density at radius 2 is 1.97 bits per heavy atom. The number of carbonyl (C=O) groups is 1. The number of ether oxygens (including phenoxy) is 1. The topological polar surface area (TPSA) is 132 Å². The smallest absolute Gasteiger partial charge is 0.414 e. The Kier molecular flexibility index (Phi) is 6.51. The van der Waals surface area contributed by atoms with E-state index in [-0.39, 0.29) is 18.2 Å². The summed E-state index contributed by atoms with van der Waals surface area (Å²) in [5.41, 5.74) is 3.61. The molecule has 4 aromatic rings. The maximum atomic E-state index is 12.3. The minimum Gasteiger partial charge on any atom is -0.508 e. The number of nitrogens with one attached hydrogen (secondary N) is 3. The Labute approximate surface area is 190 Å². The van der Waals surface area contributed by atoms with Crippen LogP contribution in [0.2, 0.25) is 0 Å². The van der Waals surface area contributed by atoms with Crippen molar-refractivity contribution in [1.82, 2.24) is 20.3 Å². The van der Waals surface area contributed by atoms with Gasteiger partial charge in [0.1, 0.15) is 5.75 Å². The van der Waals surface area contributed by atoms with Gasteiger partial charge in [-0.05, 0) is 30.2 Å². The van der Waals surface area contributed by atoms with Crippen molar-refractivity contribution in [2.24, 2.45) is 0 Å². The highest BCUT2D eigenvalue weighted by atomic mass is 16.6. The van der Waals surface area contributed by atoms with Crippen LogP contribution in [-0.2, 0) is 0 Å². The number of amides is 1. The largest absolute Gasteiger partial charge is 0.508 e.